The van der Waals surface area contributed by atoms with Gasteiger partial charge in [-0.05, 0) is 18.1 Å². The molecule has 112 valence electrons. The Kier molecular flexibility index (Phi) is 5.92. The van der Waals surface area contributed by atoms with E-state index in [9.17, 15) is 13.6 Å². The standard InChI is InChI=1S/C15H22F2N2O/c1-5-6-10(2)7-14(20)18-11-8-12(16)15(19(3)4)13(17)9-11/h8-10H,5-7H2,1-4H3,(H,18,20). The Bertz CT molecular complexity index is 452. The number of halogens is 2. The summed E-state index contributed by atoms with van der Waals surface area (Å²) < 4.78 is 27.5. The van der Waals surface area contributed by atoms with Crippen LogP contribution in [-0.4, -0.2) is 20.0 Å². The van der Waals surface area contributed by atoms with Gasteiger partial charge in [0.1, 0.15) is 5.69 Å². The quantitative estimate of drug-likeness (QED) is 0.862. The predicted octanol–water partition coefficient (Wildman–Crippen LogP) is 3.80. The lowest BCUT2D eigenvalue weighted by molar-refractivity contribution is -0.117. The van der Waals surface area contributed by atoms with Gasteiger partial charge in [-0.2, -0.15) is 0 Å². The lowest BCUT2D eigenvalue weighted by Gasteiger charge is -2.16. The van der Waals surface area contributed by atoms with Crippen LogP contribution in [0, 0.1) is 17.6 Å². The van der Waals surface area contributed by atoms with Crippen molar-refractivity contribution in [2.75, 3.05) is 24.3 Å². The molecule has 1 N–H and O–H groups in total. The first-order chi connectivity index (χ1) is 9.35. The Labute approximate surface area is 119 Å². The molecule has 0 saturated carbocycles. The molecule has 1 aromatic rings. The number of benzene rings is 1. The fraction of sp³-hybridized carbons (Fsp3) is 0.533. The van der Waals surface area contributed by atoms with E-state index in [4.69, 9.17) is 0 Å². The van der Waals surface area contributed by atoms with Gasteiger partial charge in [-0.1, -0.05) is 26.7 Å². The van der Waals surface area contributed by atoms with Gasteiger partial charge in [-0.15, -0.1) is 0 Å². The van der Waals surface area contributed by atoms with E-state index in [-0.39, 0.29) is 23.2 Å². The molecule has 0 spiro atoms. The summed E-state index contributed by atoms with van der Waals surface area (Å²) in [7, 11) is 3.12. The van der Waals surface area contributed by atoms with Crippen LogP contribution in [0.5, 0.6) is 0 Å². The molecule has 1 unspecified atom stereocenters. The zero-order valence-corrected chi connectivity index (χ0v) is 12.5. The largest absolute Gasteiger partial charge is 0.373 e. The van der Waals surface area contributed by atoms with Crippen molar-refractivity contribution < 1.29 is 13.6 Å². The summed E-state index contributed by atoms with van der Waals surface area (Å²) in [5, 5.41) is 2.54. The third-order valence-electron chi connectivity index (χ3n) is 3.06. The van der Waals surface area contributed by atoms with Crippen molar-refractivity contribution in [2.24, 2.45) is 5.92 Å². The SMILES string of the molecule is CCCC(C)CC(=O)Nc1cc(F)c(N(C)C)c(F)c1. The van der Waals surface area contributed by atoms with Crippen LogP contribution in [0.3, 0.4) is 0 Å². The highest BCUT2D eigenvalue weighted by Gasteiger charge is 2.15. The van der Waals surface area contributed by atoms with Crippen LogP contribution >= 0.6 is 0 Å². The summed E-state index contributed by atoms with van der Waals surface area (Å²) in [6.07, 6.45) is 2.32. The number of nitrogens with zero attached hydrogens (tertiary/aromatic N) is 1. The molecule has 0 fully saturated rings. The van der Waals surface area contributed by atoms with E-state index in [2.05, 4.69) is 12.2 Å². The van der Waals surface area contributed by atoms with Crippen molar-refractivity contribution in [1.82, 2.24) is 0 Å². The highest BCUT2D eigenvalue weighted by Crippen LogP contribution is 2.25. The first-order valence-corrected chi connectivity index (χ1v) is 6.81. The van der Waals surface area contributed by atoms with Gasteiger partial charge in [0.05, 0.1) is 0 Å². The number of rotatable bonds is 6. The zero-order chi connectivity index (χ0) is 15.3. The van der Waals surface area contributed by atoms with Gasteiger partial charge in [0.15, 0.2) is 11.6 Å². The van der Waals surface area contributed by atoms with E-state index in [0.29, 0.717) is 6.42 Å². The van der Waals surface area contributed by atoms with Crippen LogP contribution in [0.1, 0.15) is 33.1 Å². The zero-order valence-electron chi connectivity index (χ0n) is 12.5. The highest BCUT2D eigenvalue weighted by atomic mass is 19.1. The monoisotopic (exact) mass is 284 g/mol. The predicted molar refractivity (Wildman–Crippen MR) is 78.0 cm³/mol. The van der Waals surface area contributed by atoms with E-state index in [1.54, 1.807) is 14.1 Å². The molecule has 0 aromatic heterocycles. The normalized spacial score (nSPS) is 12.1. The van der Waals surface area contributed by atoms with Crippen molar-refractivity contribution in [2.45, 2.75) is 33.1 Å². The molecule has 1 atom stereocenters. The Morgan fingerprint density at radius 1 is 1.30 bits per heavy atom. The lowest BCUT2D eigenvalue weighted by atomic mass is 10.0. The van der Waals surface area contributed by atoms with Crippen molar-refractivity contribution in [1.29, 1.82) is 0 Å². The Balaban J connectivity index is 2.76. The summed E-state index contributed by atoms with van der Waals surface area (Å²) in [5.41, 5.74) is 0.0432. The second-order valence-electron chi connectivity index (χ2n) is 5.33. The van der Waals surface area contributed by atoms with Crippen molar-refractivity contribution in [3.05, 3.63) is 23.8 Å². The van der Waals surface area contributed by atoms with E-state index >= 15 is 0 Å². The number of amides is 1. The van der Waals surface area contributed by atoms with Gasteiger partial charge >= 0.3 is 0 Å². The molecule has 0 aliphatic rings. The Morgan fingerprint density at radius 3 is 2.30 bits per heavy atom. The van der Waals surface area contributed by atoms with Gasteiger partial charge in [0.2, 0.25) is 5.91 Å². The second kappa shape index (κ2) is 7.22. The van der Waals surface area contributed by atoms with Crippen LogP contribution in [0.25, 0.3) is 0 Å². The summed E-state index contributed by atoms with van der Waals surface area (Å²) in [4.78, 5) is 13.1. The van der Waals surface area contributed by atoms with Gasteiger partial charge in [0.25, 0.3) is 0 Å². The molecule has 3 nitrogen and oxygen atoms in total. The van der Waals surface area contributed by atoms with Gasteiger partial charge in [0, 0.05) is 26.2 Å². The van der Waals surface area contributed by atoms with E-state index < -0.39 is 11.6 Å². The number of anilines is 2. The van der Waals surface area contributed by atoms with Crippen molar-refractivity contribution >= 4 is 17.3 Å². The molecular weight excluding hydrogens is 262 g/mol. The summed E-state index contributed by atoms with van der Waals surface area (Å²) in [6, 6.07) is 2.28. The Morgan fingerprint density at radius 2 is 1.85 bits per heavy atom. The van der Waals surface area contributed by atoms with Crippen molar-refractivity contribution in [3.63, 3.8) is 0 Å². The molecule has 0 saturated heterocycles. The van der Waals surface area contributed by atoms with E-state index in [1.165, 1.54) is 4.90 Å². The average molecular weight is 284 g/mol. The average Bonchev–Trinajstić information content (AvgIpc) is 2.26. The van der Waals surface area contributed by atoms with E-state index in [1.807, 2.05) is 6.92 Å². The summed E-state index contributed by atoms with van der Waals surface area (Å²) in [6.45, 7) is 4.04. The van der Waals surface area contributed by atoms with Gasteiger partial charge in [-0.3, -0.25) is 4.79 Å². The molecule has 20 heavy (non-hydrogen) atoms. The maximum absolute atomic E-state index is 13.8. The third-order valence-corrected chi connectivity index (χ3v) is 3.06. The van der Waals surface area contributed by atoms with Crippen LogP contribution < -0.4 is 10.2 Å². The maximum Gasteiger partial charge on any atom is 0.224 e. The topological polar surface area (TPSA) is 32.3 Å². The van der Waals surface area contributed by atoms with Crippen molar-refractivity contribution in [3.8, 4) is 0 Å². The molecule has 5 heteroatoms. The number of hydrogen-bond donors (Lipinski definition) is 1. The van der Waals surface area contributed by atoms with Crippen LogP contribution in [0.4, 0.5) is 20.2 Å². The molecule has 1 rings (SSSR count). The minimum atomic E-state index is -0.688. The van der Waals surface area contributed by atoms with Crippen LogP contribution in [0.15, 0.2) is 12.1 Å². The molecule has 0 aliphatic carbocycles. The van der Waals surface area contributed by atoms with Gasteiger partial charge < -0.3 is 10.2 Å². The number of nitrogens with one attached hydrogen (secondary N) is 1. The lowest BCUT2D eigenvalue weighted by Crippen LogP contribution is -2.17. The number of carbonyl (C=O) groups excluding carboxylic acids is 1. The fourth-order valence-corrected chi connectivity index (χ4v) is 2.19. The van der Waals surface area contributed by atoms with Crippen LogP contribution in [-0.2, 0) is 4.79 Å². The smallest absolute Gasteiger partial charge is 0.224 e. The maximum atomic E-state index is 13.8. The minimum absolute atomic E-state index is 0.109. The summed E-state index contributed by atoms with van der Waals surface area (Å²) in [5.74, 6) is -1.34. The molecular formula is C15H22F2N2O. The van der Waals surface area contributed by atoms with Gasteiger partial charge in [-0.25, -0.2) is 8.78 Å². The third kappa shape index (κ3) is 4.47. The second-order valence-corrected chi connectivity index (χ2v) is 5.33. The summed E-state index contributed by atoms with van der Waals surface area (Å²) >= 11 is 0. The fourth-order valence-electron chi connectivity index (χ4n) is 2.19. The molecule has 0 radical (unpaired) electrons. The molecule has 1 aromatic carbocycles. The highest BCUT2D eigenvalue weighted by molar-refractivity contribution is 5.91. The van der Waals surface area contributed by atoms with E-state index in [0.717, 1.165) is 25.0 Å². The number of carbonyl (C=O) groups is 1. The van der Waals surface area contributed by atoms with Crippen LogP contribution in [0.2, 0.25) is 0 Å². The Hall–Kier alpha value is -1.65. The first kappa shape index (κ1) is 16.4. The first-order valence-electron chi connectivity index (χ1n) is 6.81. The minimum Gasteiger partial charge on any atom is -0.373 e. The number of hydrogen-bond acceptors (Lipinski definition) is 2. The molecule has 0 aliphatic heterocycles. The molecule has 1 amide bonds. The molecule has 0 heterocycles. The molecule has 0 bridgehead atoms.